The Kier molecular flexibility index (Phi) is 7.18. The third kappa shape index (κ3) is 5.57. The van der Waals surface area contributed by atoms with Crippen LogP contribution in [0.2, 0.25) is 0 Å². The van der Waals surface area contributed by atoms with Gasteiger partial charge in [-0.2, -0.15) is 0 Å². The van der Waals surface area contributed by atoms with E-state index >= 15 is 0 Å². The normalized spacial score (nSPS) is 25.0. The second-order valence-corrected chi connectivity index (χ2v) is 13.4. The van der Waals surface area contributed by atoms with E-state index in [9.17, 15) is 28.8 Å². The Morgan fingerprint density at radius 2 is 1.79 bits per heavy atom. The zero-order valence-corrected chi connectivity index (χ0v) is 24.8. The van der Waals surface area contributed by atoms with E-state index in [0.29, 0.717) is 43.7 Å². The molecule has 0 aromatic heterocycles. The number of carbonyl (C=O) groups is 6. The summed E-state index contributed by atoms with van der Waals surface area (Å²) in [6, 6.07) is 4.10. The van der Waals surface area contributed by atoms with E-state index in [1.807, 2.05) is 26.8 Å². The van der Waals surface area contributed by atoms with Crippen LogP contribution in [0.4, 0.5) is 10.5 Å². The van der Waals surface area contributed by atoms with Crippen LogP contribution in [0.5, 0.6) is 0 Å². The number of carbonyl (C=O) groups excluding carboxylic acids is 6. The average Bonchev–Trinajstić information content (AvgIpc) is 3.44. The minimum Gasteiger partial charge on any atom is -0.444 e. The number of imide groups is 2. The first-order valence-corrected chi connectivity index (χ1v) is 14.9. The standard InChI is InChI=1S/C30H38N6O7/c1-29(2,3)43-28(42)31-18-9-12-34(13-18)23(38)10-11-33-14-30(15-33)16-35(17-30)20-6-4-5-19-24(20)27(41)36(26(19)40)21-7-8-22(37)32-25(21)39/h4-6,18,21H,7-17H2,1-3H3,(H,31,42)(H,32,37,39)/t18-,21?/m0/s1. The molecule has 2 atom stereocenters. The molecule has 4 fully saturated rings. The first-order valence-electron chi connectivity index (χ1n) is 14.9. The summed E-state index contributed by atoms with van der Waals surface area (Å²) in [6.45, 7) is 10.4. The summed E-state index contributed by atoms with van der Waals surface area (Å²) in [7, 11) is 0. The predicted octanol–water partition coefficient (Wildman–Crippen LogP) is 0.726. The number of fused-ring (bicyclic) bond motifs is 1. The molecule has 6 rings (SSSR count). The molecule has 13 heteroatoms. The number of hydrogen-bond acceptors (Lipinski definition) is 9. The Balaban J connectivity index is 0.974. The van der Waals surface area contributed by atoms with Gasteiger partial charge in [-0.1, -0.05) is 6.07 Å². The highest BCUT2D eigenvalue weighted by Gasteiger charge is 2.53. The molecule has 0 saturated carbocycles. The molecule has 0 bridgehead atoms. The van der Waals surface area contributed by atoms with E-state index in [1.54, 1.807) is 17.0 Å². The molecule has 5 aliphatic heterocycles. The minimum absolute atomic E-state index is 0.0771. The van der Waals surface area contributed by atoms with Crippen LogP contribution < -0.4 is 15.5 Å². The van der Waals surface area contributed by atoms with E-state index in [1.165, 1.54) is 0 Å². The van der Waals surface area contributed by atoms with Crippen molar-refractivity contribution in [3.63, 3.8) is 0 Å². The number of anilines is 1. The van der Waals surface area contributed by atoms with Gasteiger partial charge in [-0.15, -0.1) is 0 Å². The molecule has 0 radical (unpaired) electrons. The molecule has 0 aliphatic carbocycles. The Morgan fingerprint density at radius 1 is 1.05 bits per heavy atom. The van der Waals surface area contributed by atoms with E-state index in [2.05, 4.69) is 20.4 Å². The lowest BCUT2D eigenvalue weighted by molar-refractivity contribution is -0.136. The Bertz CT molecular complexity index is 1390. The summed E-state index contributed by atoms with van der Waals surface area (Å²) in [5, 5.41) is 5.08. The van der Waals surface area contributed by atoms with Gasteiger partial charge in [0.1, 0.15) is 11.6 Å². The van der Waals surface area contributed by atoms with Crippen molar-refractivity contribution in [1.82, 2.24) is 25.3 Å². The van der Waals surface area contributed by atoms with Crippen molar-refractivity contribution in [3.8, 4) is 0 Å². The molecule has 6 amide bonds. The molecule has 1 aromatic rings. The van der Waals surface area contributed by atoms with Crippen LogP contribution in [-0.4, -0.2) is 114 Å². The molecule has 4 saturated heterocycles. The molecule has 13 nitrogen and oxygen atoms in total. The van der Waals surface area contributed by atoms with Crippen LogP contribution in [-0.2, 0) is 19.1 Å². The molecule has 1 unspecified atom stereocenters. The molecule has 230 valence electrons. The van der Waals surface area contributed by atoms with Crippen LogP contribution in [0.25, 0.3) is 0 Å². The highest BCUT2D eigenvalue weighted by atomic mass is 16.6. The predicted molar refractivity (Wildman–Crippen MR) is 153 cm³/mol. The second kappa shape index (κ2) is 10.6. The van der Waals surface area contributed by atoms with Crippen molar-refractivity contribution in [2.75, 3.05) is 50.7 Å². The fraction of sp³-hybridized carbons (Fsp3) is 0.600. The summed E-state index contributed by atoms with van der Waals surface area (Å²) >= 11 is 0. The molecule has 1 aromatic carbocycles. The van der Waals surface area contributed by atoms with E-state index in [0.717, 1.165) is 31.1 Å². The van der Waals surface area contributed by atoms with Crippen molar-refractivity contribution in [1.29, 1.82) is 0 Å². The molecule has 5 aliphatic rings. The number of alkyl carbamates (subject to hydrolysis) is 1. The number of amides is 6. The smallest absolute Gasteiger partial charge is 0.407 e. The van der Waals surface area contributed by atoms with E-state index < -0.39 is 41.4 Å². The third-order valence-corrected chi connectivity index (χ3v) is 8.86. The SMILES string of the molecule is CC(C)(C)OC(=O)N[C@H]1CCN(C(=O)CCN2CC3(C2)CN(c2cccc4c2C(=O)N(C2CCC(=O)NC2=O)C4=O)C3)C1. The Morgan fingerprint density at radius 3 is 2.49 bits per heavy atom. The average molecular weight is 595 g/mol. The van der Waals surface area contributed by atoms with Crippen molar-refractivity contribution < 1.29 is 33.5 Å². The zero-order valence-electron chi connectivity index (χ0n) is 24.8. The highest BCUT2D eigenvalue weighted by Crippen LogP contribution is 2.44. The Labute approximate surface area is 249 Å². The van der Waals surface area contributed by atoms with Gasteiger partial charge in [-0.05, 0) is 45.7 Å². The fourth-order valence-electron chi connectivity index (χ4n) is 6.95. The van der Waals surface area contributed by atoms with Gasteiger partial charge in [0, 0.05) is 64.1 Å². The van der Waals surface area contributed by atoms with Crippen LogP contribution in [0.1, 0.15) is 67.2 Å². The van der Waals surface area contributed by atoms with Gasteiger partial charge < -0.3 is 24.8 Å². The number of benzene rings is 1. The number of piperidine rings is 1. The van der Waals surface area contributed by atoms with Crippen molar-refractivity contribution >= 4 is 41.3 Å². The zero-order chi connectivity index (χ0) is 30.7. The maximum atomic E-state index is 13.4. The van der Waals surface area contributed by atoms with Gasteiger partial charge >= 0.3 is 6.09 Å². The van der Waals surface area contributed by atoms with Gasteiger partial charge in [0.05, 0.1) is 22.9 Å². The fourth-order valence-corrected chi connectivity index (χ4v) is 6.95. The van der Waals surface area contributed by atoms with Gasteiger partial charge in [0.2, 0.25) is 17.7 Å². The summed E-state index contributed by atoms with van der Waals surface area (Å²) in [6.07, 6.45) is 0.860. The maximum absolute atomic E-state index is 13.4. The maximum Gasteiger partial charge on any atom is 0.407 e. The largest absolute Gasteiger partial charge is 0.444 e. The second-order valence-electron chi connectivity index (χ2n) is 13.4. The molecular weight excluding hydrogens is 556 g/mol. The summed E-state index contributed by atoms with van der Waals surface area (Å²) in [5.74, 6) is -1.94. The van der Waals surface area contributed by atoms with E-state index in [4.69, 9.17) is 4.74 Å². The number of likely N-dealkylation sites (tertiary alicyclic amines) is 2. The summed E-state index contributed by atoms with van der Waals surface area (Å²) < 4.78 is 5.31. The first-order chi connectivity index (χ1) is 20.3. The van der Waals surface area contributed by atoms with E-state index in [-0.39, 0.29) is 35.8 Å². The lowest BCUT2D eigenvalue weighted by Gasteiger charge is -2.61. The topological polar surface area (TPSA) is 149 Å². The highest BCUT2D eigenvalue weighted by molar-refractivity contribution is 6.25. The van der Waals surface area contributed by atoms with Crippen LogP contribution >= 0.6 is 0 Å². The summed E-state index contributed by atoms with van der Waals surface area (Å²) in [5.41, 5.74) is 0.803. The Hall–Kier alpha value is -4.00. The van der Waals surface area contributed by atoms with Crippen LogP contribution in [0.3, 0.4) is 0 Å². The molecule has 2 N–H and O–H groups in total. The van der Waals surface area contributed by atoms with Crippen molar-refractivity contribution in [3.05, 3.63) is 29.3 Å². The molecular formula is C30H38N6O7. The monoisotopic (exact) mass is 594 g/mol. The molecule has 1 spiro atoms. The van der Waals surface area contributed by atoms with Crippen LogP contribution in [0, 0.1) is 5.41 Å². The van der Waals surface area contributed by atoms with Gasteiger partial charge in [0.15, 0.2) is 0 Å². The minimum atomic E-state index is -0.990. The van der Waals surface area contributed by atoms with Gasteiger partial charge in [-0.25, -0.2) is 4.79 Å². The lowest BCUT2D eigenvalue weighted by atomic mass is 9.72. The third-order valence-electron chi connectivity index (χ3n) is 8.86. The van der Waals surface area contributed by atoms with Gasteiger partial charge in [0.25, 0.3) is 11.8 Å². The molecule has 5 heterocycles. The summed E-state index contributed by atoms with van der Waals surface area (Å²) in [4.78, 5) is 82.6. The van der Waals surface area contributed by atoms with Crippen LogP contribution in [0.15, 0.2) is 18.2 Å². The molecule has 43 heavy (non-hydrogen) atoms. The number of hydrogen-bond donors (Lipinski definition) is 2. The van der Waals surface area contributed by atoms with Gasteiger partial charge in [-0.3, -0.25) is 34.2 Å². The lowest BCUT2D eigenvalue weighted by Crippen LogP contribution is -2.72. The number of nitrogens with one attached hydrogen (secondary N) is 2. The number of nitrogens with zero attached hydrogens (tertiary/aromatic N) is 4. The number of ether oxygens (including phenoxy) is 1. The van der Waals surface area contributed by atoms with Crippen molar-refractivity contribution in [2.45, 2.75) is 64.1 Å². The number of rotatable bonds is 6. The first kappa shape index (κ1) is 29.1. The van der Waals surface area contributed by atoms with Crippen molar-refractivity contribution in [2.24, 2.45) is 5.41 Å². The quantitative estimate of drug-likeness (QED) is 0.455.